The minimum Gasteiger partial charge on any atom is -0.465 e. The van der Waals surface area contributed by atoms with Gasteiger partial charge in [-0.1, -0.05) is 6.42 Å². The van der Waals surface area contributed by atoms with Crippen LogP contribution < -0.4 is 0 Å². The van der Waals surface area contributed by atoms with Crippen LogP contribution in [0.1, 0.15) is 32.1 Å². The van der Waals surface area contributed by atoms with Crippen molar-refractivity contribution in [3.05, 3.63) is 0 Å². The molecule has 0 aromatic carbocycles. The SMILES string of the molecule is O.O=COC1CCCCC1. The largest absolute Gasteiger partial charge is 0.465 e. The molecule has 1 rings (SSSR count). The van der Waals surface area contributed by atoms with Crippen LogP contribution >= 0.6 is 0 Å². The van der Waals surface area contributed by atoms with Crippen molar-refractivity contribution >= 4 is 6.47 Å². The number of hydrogen-bond donors (Lipinski definition) is 0. The monoisotopic (exact) mass is 146 g/mol. The molecule has 0 atom stereocenters. The smallest absolute Gasteiger partial charge is 0.293 e. The van der Waals surface area contributed by atoms with E-state index in [1.807, 2.05) is 0 Å². The van der Waals surface area contributed by atoms with Gasteiger partial charge < -0.3 is 10.2 Å². The van der Waals surface area contributed by atoms with E-state index in [-0.39, 0.29) is 11.6 Å². The zero-order valence-electron chi connectivity index (χ0n) is 6.01. The number of ether oxygens (including phenoxy) is 1. The molecule has 3 nitrogen and oxygen atoms in total. The van der Waals surface area contributed by atoms with Crippen molar-refractivity contribution in [2.75, 3.05) is 0 Å². The van der Waals surface area contributed by atoms with Gasteiger partial charge in [0.15, 0.2) is 0 Å². The molecule has 1 fully saturated rings. The molecule has 60 valence electrons. The van der Waals surface area contributed by atoms with Gasteiger partial charge in [-0.15, -0.1) is 0 Å². The Morgan fingerprint density at radius 2 is 1.80 bits per heavy atom. The summed E-state index contributed by atoms with van der Waals surface area (Å²) in [4.78, 5) is 9.85. The summed E-state index contributed by atoms with van der Waals surface area (Å²) in [7, 11) is 0. The molecule has 1 saturated carbocycles. The second-order valence-electron chi connectivity index (χ2n) is 2.49. The summed E-state index contributed by atoms with van der Waals surface area (Å²) in [6.45, 7) is 0.565. The summed E-state index contributed by atoms with van der Waals surface area (Å²) in [5, 5.41) is 0. The Balaban J connectivity index is 0.000000810. The van der Waals surface area contributed by atoms with Crippen molar-refractivity contribution < 1.29 is 15.0 Å². The van der Waals surface area contributed by atoms with E-state index in [0.29, 0.717) is 6.47 Å². The quantitative estimate of drug-likeness (QED) is 0.537. The molecule has 0 heterocycles. The van der Waals surface area contributed by atoms with Crippen molar-refractivity contribution in [3.8, 4) is 0 Å². The molecule has 0 amide bonds. The molecule has 3 heteroatoms. The summed E-state index contributed by atoms with van der Waals surface area (Å²) < 4.78 is 4.80. The molecule has 2 N–H and O–H groups in total. The van der Waals surface area contributed by atoms with Crippen LogP contribution in [0.2, 0.25) is 0 Å². The highest BCUT2D eigenvalue weighted by atomic mass is 16.5. The number of carbonyl (C=O) groups excluding carboxylic acids is 1. The molecular weight excluding hydrogens is 132 g/mol. The van der Waals surface area contributed by atoms with Gasteiger partial charge in [0.1, 0.15) is 6.10 Å². The van der Waals surface area contributed by atoms with Gasteiger partial charge in [0.05, 0.1) is 0 Å². The van der Waals surface area contributed by atoms with Crippen LogP contribution in [0.5, 0.6) is 0 Å². The van der Waals surface area contributed by atoms with Gasteiger partial charge >= 0.3 is 0 Å². The lowest BCUT2D eigenvalue weighted by Gasteiger charge is -2.18. The van der Waals surface area contributed by atoms with E-state index in [0.717, 1.165) is 12.8 Å². The van der Waals surface area contributed by atoms with Gasteiger partial charge in [-0.2, -0.15) is 0 Å². The Hall–Kier alpha value is -0.570. The average molecular weight is 146 g/mol. The number of hydrogen-bond acceptors (Lipinski definition) is 2. The summed E-state index contributed by atoms with van der Waals surface area (Å²) in [5.41, 5.74) is 0. The predicted octanol–water partition coefficient (Wildman–Crippen LogP) is 0.667. The summed E-state index contributed by atoms with van der Waals surface area (Å²) in [6, 6.07) is 0. The standard InChI is InChI=1S/C7H12O2.H2O/c8-6-9-7-4-2-1-3-5-7;/h6-7H,1-5H2;1H2. The van der Waals surface area contributed by atoms with Gasteiger partial charge in [0, 0.05) is 0 Å². The first kappa shape index (κ1) is 9.43. The predicted molar refractivity (Wildman–Crippen MR) is 37.6 cm³/mol. The average Bonchev–Trinajstić information content (AvgIpc) is 1.91. The molecule has 0 unspecified atom stereocenters. The lowest BCUT2D eigenvalue weighted by molar-refractivity contribution is -0.134. The van der Waals surface area contributed by atoms with Gasteiger partial charge in [0.25, 0.3) is 6.47 Å². The van der Waals surface area contributed by atoms with E-state index in [2.05, 4.69) is 0 Å². The maximum absolute atomic E-state index is 9.85. The van der Waals surface area contributed by atoms with Crippen LogP contribution in [0.15, 0.2) is 0 Å². The molecule has 0 aromatic rings. The number of carbonyl (C=O) groups is 1. The van der Waals surface area contributed by atoms with Gasteiger partial charge in [-0.05, 0) is 25.7 Å². The highest BCUT2D eigenvalue weighted by Crippen LogP contribution is 2.19. The molecule has 0 spiro atoms. The van der Waals surface area contributed by atoms with Crippen molar-refractivity contribution in [1.29, 1.82) is 0 Å². The maximum Gasteiger partial charge on any atom is 0.293 e. The first-order valence-electron chi connectivity index (χ1n) is 3.52. The molecule has 1 aliphatic carbocycles. The summed E-state index contributed by atoms with van der Waals surface area (Å²) >= 11 is 0. The Morgan fingerprint density at radius 1 is 1.20 bits per heavy atom. The van der Waals surface area contributed by atoms with Crippen LogP contribution in [-0.2, 0) is 9.53 Å². The minimum absolute atomic E-state index is 0. The zero-order chi connectivity index (χ0) is 6.53. The number of rotatable bonds is 2. The second-order valence-corrected chi connectivity index (χ2v) is 2.49. The first-order chi connectivity index (χ1) is 4.43. The van der Waals surface area contributed by atoms with Crippen molar-refractivity contribution in [1.82, 2.24) is 0 Å². The molecule has 0 aliphatic heterocycles. The molecule has 1 aliphatic rings. The fourth-order valence-electron chi connectivity index (χ4n) is 1.28. The first-order valence-corrected chi connectivity index (χ1v) is 3.52. The molecular formula is C7H14O3. The summed E-state index contributed by atoms with van der Waals surface area (Å²) in [5.74, 6) is 0. The van der Waals surface area contributed by atoms with Crippen molar-refractivity contribution in [2.24, 2.45) is 0 Å². The molecule has 0 radical (unpaired) electrons. The van der Waals surface area contributed by atoms with Crippen LogP contribution in [-0.4, -0.2) is 18.1 Å². The fourth-order valence-corrected chi connectivity index (χ4v) is 1.28. The normalized spacial score (nSPS) is 19.2. The van der Waals surface area contributed by atoms with E-state index < -0.39 is 0 Å². The summed E-state index contributed by atoms with van der Waals surface area (Å²) in [6.07, 6.45) is 6.11. The van der Waals surface area contributed by atoms with E-state index in [9.17, 15) is 4.79 Å². The Bertz CT molecular complexity index is 86.9. The fraction of sp³-hybridized carbons (Fsp3) is 0.857. The Morgan fingerprint density at radius 3 is 2.30 bits per heavy atom. The molecule has 0 aromatic heterocycles. The van der Waals surface area contributed by atoms with Gasteiger partial charge in [0.2, 0.25) is 0 Å². The van der Waals surface area contributed by atoms with Crippen LogP contribution in [0.25, 0.3) is 0 Å². The Labute approximate surface area is 60.7 Å². The second kappa shape index (κ2) is 5.23. The van der Waals surface area contributed by atoms with Crippen LogP contribution in [0.4, 0.5) is 0 Å². The van der Waals surface area contributed by atoms with E-state index >= 15 is 0 Å². The lowest BCUT2D eigenvalue weighted by Crippen LogP contribution is -2.15. The third kappa shape index (κ3) is 2.82. The van der Waals surface area contributed by atoms with Gasteiger partial charge in [-0.25, -0.2) is 0 Å². The maximum atomic E-state index is 9.85. The van der Waals surface area contributed by atoms with Crippen LogP contribution in [0.3, 0.4) is 0 Å². The van der Waals surface area contributed by atoms with E-state index in [1.54, 1.807) is 0 Å². The topological polar surface area (TPSA) is 57.8 Å². The van der Waals surface area contributed by atoms with Crippen LogP contribution in [0, 0.1) is 0 Å². The molecule has 0 saturated heterocycles. The lowest BCUT2D eigenvalue weighted by atomic mass is 9.98. The highest BCUT2D eigenvalue weighted by molar-refractivity contribution is 5.37. The zero-order valence-corrected chi connectivity index (χ0v) is 6.01. The van der Waals surface area contributed by atoms with E-state index in [1.165, 1.54) is 19.3 Å². The molecule has 10 heavy (non-hydrogen) atoms. The highest BCUT2D eigenvalue weighted by Gasteiger charge is 2.12. The van der Waals surface area contributed by atoms with Crippen molar-refractivity contribution in [2.45, 2.75) is 38.2 Å². The van der Waals surface area contributed by atoms with E-state index in [4.69, 9.17) is 4.74 Å². The third-order valence-electron chi connectivity index (χ3n) is 1.80. The third-order valence-corrected chi connectivity index (χ3v) is 1.80. The Kier molecular flexibility index (Phi) is 4.94. The minimum atomic E-state index is 0. The molecule has 0 bridgehead atoms. The van der Waals surface area contributed by atoms with Gasteiger partial charge in [-0.3, -0.25) is 4.79 Å². The van der Waals surface area contributed by atoms with Crippen molar-refractivity contribution in [3.63, 3.8) is 0 Å².